The number of esters is 1. The van der Waals surface area contributed by atoms with Gasteiger partial charge in [-0.1, -0.05) is 30.3 Å². The maximum atomic E-state index is 12.3. The van der Waals surface area contributed by atoms with Crippen LogP contribution in [0.25, 0.3) is 0 Å². The highest BCUT2D eigenvalue weighted by molar-refractivity contribution is 5.68. The maximum Gasteiger partial charge on any atom is 0.410 e. The van der Waals surface area contributed by atoms with Crippen molar-refractivity contribution in [2.75, 3.05) is 13.2 Å². The number of benzene rings is 1. The summed E-state index contributed by atoms with van der Waals surface area (Å²) in [6, 6.07) is 8.16. The summed E-state index contributed by atoms with van der Waals surface area (Å²) in [6.07, 6.45) is -4.00. The molecule has 1 saturated heterocycles. The van der Waals surface area contributed by atoms with E-state index in [1.54, 1.807) is 0 Å². The van der Waals surface area contributed by atoms with Crippen molar-refractivity contribution in [2.45, 2.75) is 50.7 Å². The number of carbonyl (C=O) groups excluding carboxylic acids is 2. The van der Waals surface area contributed by atoms with Crippen LogP contribution in [0.4, 0.5) is 4.79 Å². The molecule has 8 nitrogen and oxygen atoms in total. The molecule has 0 bridgehead atoms. The lowest BCUT2D eigenvalue weighted by molar-refractivity contribution is -0.142. The Kier molecular flexibility index (Phi) is 7.38. The Morgan fingerprint density at radius 2 is 1.92 bits per heavy atom. The van der Waals surface area contributed by atoms with Crippen LogP contribution < -0.4 is 0 Å². The van der Waals surface area contributed by atoms with Crippen molar-refractivity contribution in [3.63, 3.8) is 0 Å². The number of aliphatic hydroxyl groups excluding tert-OH is 3. The van der Waals surface area contributed by atoms with Crippen LogP contribution in [-0.2, 0) is 20.9 Å². The number of aliphatic hydroxyl groups is 3. The Morgan fingerprint density at radius 1 is 1.23 bits per heavy atom. The zero-order valence-electron chi connectivity index (χ0n) is 14.7. The molecule has 0 spiro atoms. The first kappa shape index (κ1) is 20.2. The van der Waals surface area contributed by atoms with Gasteiger partial charge in [-0.3, -0.25) is 9.69 Å². The number of nitrogens with zero attached hydrogens (tertiary/aromatic N) is 1. The fourth-order valence-corrected chi connectivity index (χ4v) is 2.95. The van der Waals surface area contributed by atoms with E-state index in [1.807, 2.05) is 30.3 Å². The van der Waals surface area contributed by atoms with Gasteiger partial charge in [-0.15, -0.1) is 0 Å². The summed E-state index contributed by atoms with van der Waals surface area (Å²) in [6.45, 7) is 1.47. The minimum absolute atomic E-state index is 0.00311. The predicted molar refractivity (Wildman–Crippen MR) is 91.0 cm³/mol. The van der Waals surface area contributed by atoms with Gasteiger partial charge in [0.1, 0.15) is 12.7 Å². The zero-order valence-corrected chi connectivity index (χ0v) is 14.7. The van der Waals surface area contributed by atoms with E-state index in [4.69, 9.17) is 9.47 Å². The van der Waals surface area contributed by atoms with Crippen molar-refractivity contribution in [2.24, 2.45) is 0 Å². The summed E-state index contributed by atoms with van der Waals surface area (Å²) in [7, 11) is 0. The molecule has 2 unspecified atom stereocenters. The van der Waals surface area contributed by atoms with Gasteiger partial charge in [-0.05, 0) is 12.0 Å². The van der Waals surface area contributed by atoms with E-state index in [0.29, 0.717) is 0 Å². The third kappa shape index (κ3) is 5.42. The molecular formula is C18H25NO7. The van der Waals surface area contributed by atoms with E-state index in [1.165, 1.54) is 11.8 Å². The van der Waals surface area contributed by atoms with Crippen molar-refractivity contribution in [3.8, 4) is 0 Å². The maximum absolute atomic E-state index is 12.3. The lowest BCUT2D eigenvalue weighted by Gasteiger charge is -2.32. The van der Waals surface area contributed by atoms with Gasteiger partial charge in [0.05, 0.1) is 24.9 Å². The number of ether oxygens (including phenoxy) is 2. The van der Waals surface area contributed by atoms with Crippen molar-refractivity contribution in [3.05, 3.63) is 35.9 Å². The highest BCUT2D eigenvalue weighted by Crippen LogP contribution is 2.24. The molecule has 26 heavy (non-hydrogen) atoms. The van der Waals surface area contributed by atoms with Crippen LogP contribution in [0.1, 0.15) is 25.3 Å². The molecule has 0 saturated carbocycles. The van der Waals surface area contributed by atoms with Crippen LogP contribution in [0, 0.1) is 0 Å². The molecule has 1 aliphatic rings. The number of likely N-dealkylation sites (tertiary alicyclic amines) is 1. The Morgan fingerprint density at radius 3 is 2.58 bits per heavy atom. The van der Waals surface area contributed by atoms with Gasteiger partial charge in [-0.25, -0.2) is 4.79 Å². The fraction of sp³-hybridized carbons (Fsp3) is 0.556. The number of hydrogen-bond donors (Lipinski definition) is 3. The zero-order chi connectivity index (χ0) is 19.1. The molecule has 8 heteroatoms. The third-order valence-corrected chi connectivity index (χ3v) is 4.32. The number of rotatable bonds is 7. The molecule has 1 amide bonds. The highest BCUT2D eigenvalue weighted by atomic mass is 16.6. The van der Waals surface area contributed by atoms with Crippen LogP contribution in [0.5, 0.6) is 0 Å². The summed E-state index contributed by atoms with van der Waals surface area (Å²) in [5.41, 5.74) is 0.819. The minimum Gasteiger partial charge on any atom is -0.466 e. The van der Waals surface area contributed by atoms with Crippen molar-refractivity contribution in [1.82, 2.24) is 4.90 Å². The standard InChI is InChI=1S/C18H25NO7/c1-12(20)25-10-8-15(22)17(23)16-14(21)7-9-19(16)18(24)26-11-13-5-3-2-4-6-13/h2-6,14-17,21-23H,7-11H2,1H3/t14-,15?,16+,17?/m0/s1. The average molecular weight is 367 g/mol. The molecular weight excluding hydrogens is 342 g/mol. The first-order valence-electron chi connectivity index (χ1n) is 8.55. The highest BCUT2D eigenvalue weighted by Gasteiger charge is 2.43. The molecule has 1 heterocycles. The second kappa shape index (κ2) is 9.51. The molecule has 1 aromatic carbocycles. The van der Waals surface area contributed by atoms with E-state index >= 15 is 0 Å². The lowest BCUT2D eigenvalue weighted by atomic mass is 9.99. The van der Waals surface area contributed by atoms with Gasteiger partial charge >= 0.3 is 12.1 Å². The topological polar surface area (TPSA) is 117 Å². The Hall–Kier alpha value is -2.16. The molecule has 0 aliphatic carbocycles. The molecule has 0 aromatic heterocycles. The number of hydrogen-bond acceptors (Lipinski definition) is 7. The van der Waals surface area contributed by atoms with Crippen LogP contribution >= 0.6 is 0 Å². The Balaban J connectivity index is 1.92. The number of carbonyl (C=O) groups is 2. The number of amides is 1. The first-order chi connectivity index (χ1) is 12.4. The second-order valence-electron chi connectivity index (χ2n) is 6.27. The van der Waals surface area contributed by atoms with E-state index < -0.39 is 36.4 Å². The van der Waals surface area contributed by atoms with E-state index in [9.17, 15) is 24.9 Å². The van der Waals surface area contributed by atoms with Gasteiger partial charge in [0.15, 0.2) is 0 Å². The van der Waals surface area contributed by atoms with Crippen LogP contribution in [0.3, 0.4) is 0 Å². The summed E-state index contributed by atoms with van der Waals surface area (Å²) < 4.78 is 9.98. The van der Waals surface area contributed by atoms with Gasteiger partial charge in [-0.2, -0.15) is 0 Å². The van der Waals surface area contributed by atoms with E-state index in [2.05, 4.69) is 0 Å². The summed E-state index contributed by atoms with van der Waals surface area (Å²) >= 11 is 0. The molecule has 1 aromatic rings. The van der Waals surface area contributed by atoms with Crippen molar-refractivity contribution < 1.29 is 34.4 Å². The minimum atomic E-state index is -1.38. The largest absolute Gasteiger partial charge is 0.466 e. The quantitative estimate of drug-likeness (QED) is 0.599. The second-order valence-corrected chi connectivity index (χ2v) is 6.27. The Labute approximate surface area is 151 Å². The van der Waals surface area contributed by atoms with Crippen LogP contribution in [0.2, 0.25) is 0 Å². The molecule has 3 N–H and O–H groups in total. The summed E-state index contributed by atoms with van der Waals surface area (Å²) in [5.74, 6) is -0.487. The van der Waals surface area contributed by atoms with Crippen LogP contribution in [0.15, 0.2) is 30.3 Å². The molecule has 1 fully saturated rings. The van der Waals surface area contributed by atoms with E-state index in [0.717, 1.165) is 5.56 Å². The smallest absolute Gasteiger partial charge is 0.410 e. The molecule has 0 radical (unpaired) electrons. The molecule has 144 valence electrons. The third-order valence-electron chi connectivity index (χ3n) is 4.32. The summed E-state index contributed by atoms with van der Waals surface area (Å²) in [5, 5.41) is 30.6. The first-order valence-corrected chi connectivity index (χ1v) is 8.55. The predicted octanol–water partition coefficient (Wildman–Crippen LogP) is 0.433. The SMILES string of the molecule is CC(=O)OCCC(O)C(O)[C@H]1[C@@H](O)CCN1C(=O)OCc1ccccc1. The normalized spacial score (nSPS) is 21.9. The molecule has 4 atom stereocenters. The van der Waals surface area contributed by atoms with Crippen molar-refractivity contribution in [1.29, 1.82) is 0 Å². The van der Waals surface area contributed by atoms with Gasteiger partial charge in [0, 0.05) is 19.9 Å². The van der Waals surface area contributed by atoms with Gasteiger partial charge in [0.2, 0.25) is 0 Å². The van der Waals surface area contributed by atoms with Crippen molar-refractivity contribution >= 4 is 12.1 Å². The summed E-state index contributed by atoms with van der Waals surface area (Å²) in [4.78, 5) is 24.3. The van der Waals surface area contributed by atoms with E-state index in [-0.39, 0.29) is 32.6 Å². The van der Waals surface area contributed by atoms with Crippen LogP contribution in [-0.4, -0.2) is 69.8 Å². The average Bonchev–Trinajstić information content (AvgIpc) is 3.01. The molecule has 2 rings (SSSR count). The molecule has 1 aliphatic heterocycles. The lowest BCUT2D eigenvalue weighted by Crippen LogP contribution is -2.52. The fourth-order valence-electron chi connectivity index (χ4n) is 2.95. The van der Waals surface area contributed by atoms with Gasteiger partial charge in [0.25, 0.3) is 0 Å². The monoisotopic (exact) mass is 367 g/mol. The Bertz CT molecular complexity index is 594. The van der Waals surface area contributed by atoms with Gasteiger partial charge < -0.3 is 24.8 Å².